The molecule has 0 unspecified atom stereocenters. The van der Waals surface area contributed by atoms with Gasteiger partial charge in [-0.3, -0.25) is 0 Å². The van der Waals surface area contributed by atoms with Crippen LogP contribution in [0, 0.1) is 6.92 Å². The van der Waals surface area contributed by atoms with E-state index in [1.54, 1.807) is 35.1 Å². The number of ether oxygens (including phenoxy) is 1. The van der Waals surface area contributed by atoms with Crippen molar-refractivity contribution in [1.29, 1.82) is 0 Å². The molecule has 0 spiro atoms. The molecule has 7 rings (SSSR count). The van der Waals surface area contributed by atoms with Crippen LogP contribution in [0.4, 0.5) is 5.82 Å². The molecule has 12 heteroatoms. The van der Waals surface area contributed by atoms with E-state index in [9.17, 15) is 8.42 Å². The predicted octanol–water partition coefficient (Wildman–Crippen LogP) is 1.93. The van der Waals surface area contributed by atoms with Gasteiger partial charge in [-0.15, -0.1) is 0 Å². The number of nitrogens with two attached hydrogens (primary N) is 1. The molecular weight excluding hydrogens is 468 g/mol. The molecule has 35 heavy (non-hydrogen) atoms. The number of anilines is 1. The zero-order chi connectivity index (χ0) is 24.4. The normalized spacial score (nSPS) is 24.3. The molecule has 3 N–H and O–H groups in total. The summed E-state index contributed by atoms with van der Waals surface area (Å²) < 4.78 is 39.9. The van der Waals surface area contributed by atoms with Crippen molar-refractivity contribution in [3.63, 3.8) is 0 Å². The lowest BCUT2D eigenvalue weighted by Crippen LogP contribution is -2.62. The molecule has 3 aromatic heterocycles. The Morgan fingerprint density at radius 1 is 1.14 bits per heavy atom. The van der Waals surface area contributed by atoms with Crippen LogP contribution in [-0.4, -0.2) is 49.7 Å². The van der Waals surface area contributed by atoms with Crippen molar-refractivity contribution in [2.45, 2.75) is 48.6 Å². The molecule has 0 radical (unpaired) electrons. The van der Waals surface area contributed by atoms with Crippen LogP contribution in [-0.2, 0) is 27.4 Å². The average Bonchev–Trinajstić information content (AvgIpc) is 3.47. The van der Waals surface area contributed by atoms with Gasteiger partial charge in [-0.05, 0) is 50.3 Å². The Hall–Kier alpha value is -3.35. The summed E-state index contributed by atoms with van der Waals surface area (Å²) in [5.74, 6) is 1.15. The van der Waals surface area contributed by atoms with Crippen molar-refractivity contribution in [3.05, 3.63) is 54.5 Å². The molecular formula is C23H26N8O3S. The number of imidazole rings is 2. The molecule has 3 aliphatic rings. The van der Waals surface area contributed by atoms with Gasteiger partial charge in [0.1, 0.15) is 17.8 Å². The number of hydrogen-bond donors (Lipinski definition) is 2. The van der Waals surface area contributed by atoms with Gasteiger partial charge in [0.25, 0.3) is 0 Å². The first-order valence-electron chi connectivity index (χ1n) is 11.4. The average molecular weight is 495 g/mol. The minimum absolute atomic E-state index is 0.177. The number of benzene rings is 1. The van der Waals surface area contributed by atoms with E-state index in [-0.39, 0.29) is 10.7 Å². The summed E-state index contributed by atoms with van der Waals surface area (Å²) in [5.41, 5.74) is 7.48. The Bertz CT molecular complexity index is 1530. The van der Waals surface area contributed by atoms with Crippen molar-refractivity contribution in [3.8, 4) is 11.3 Å². The lowest BCUT2D eigenvalue weighted by atomic mass is 9.71. The zero-order valence-corrected chi connectivity index (χ0v) is 20.3. The molecule has 1 aromatic carbocycles. The molecule has 5 heterocycles. The first-order chi connectivity index (χ1) is 16.7. The molecule has 11 nitrogen and oxygen atoms in total. The topological polar surface area (TPSA) is 142 Å². The molecule has 182 valence electrons. The van der Waals surface area contributed by atoms with Crippen molar-refractivity contribution in [2.75, 3.05) is 12.3 Å². The summed E-state index contributed by atoms with van der Waals surface area (Å²) in [6.07, 6.45) is 9.44. The van der Waals surface area contributed by atoms with Crippen molar-refractivity contribution < 1.29 is 13.2 Å². The van der Waals surface area contributed by atoms with Crippen LogP contribution in [0.2, 0.25) is 0 Å². The van der Waals surface area contributed by atoms with E-state index in [4.69, 9.17) is 10.5 Å². The van der Waals surface area contributed by atoms with E-state index in [1.165, 1.54) is 6.33 Å². The Balaban J connectivity index is 1.30. The monoisotopic (exact) mass is 494 g/mol. The molecule has 1 aliphatic carbocycles. The quantitative estimate of drug-likeness (QED) is 0.429. The lowest BCUT2D eigenvalue weighted by Gasteiger charge is -2.52. The number of nitrogens with zero attached hydrogens (tertiary/aromatic N) is 6. The van der Waals surface area contributed by atoms with Crippen LogP contribution < -0.4 is 10.5 Å². The van der Waals surface area contributed by atoms with Gasteiger partial charge in [0, 0.05) is 25.0 Å². The molecule has 2 saturated heterocycles. The fraction of sp³-hybridized carbons (Fsp3) is 0.391. The van der Waals surface area contributed by atoms with E-state index < -0.39 is 21.2 Å². The molecule has 2 bridgehead atoms. The number of rotatable bonds is 5. The third-order valence-electron chi connectivity index (χ3n) is 7.35. The van der Waals surface area contributed by atoms with Crippen LogP contribution in [0.25, 0.3) is 16.9 Å². The van der Waals surface area contributed by atoms with E-state index >= 15 is 0 Å². The van der Waals surface area contributed by atoms with Gasteiger partial charge in [-0.25, -0.2) is 32.6 Å². The summed E-state index contributed by atoms with van der Waals surface area (Å²) >= 11 is 0. The van der Waals surface area contributed by atoms with Gasteiger partial charge in [0.15, 0.2) is 11.5 Å². The fourth-order valence-corrected chi connectivity index (χ4v) is 6.80. The minimum Gasteiger partial charge on any atom is -0.381 e. The summed E-state index contributed by atoms with van der Waals surface area (Å²) in [5, 5.41) is 4.24. The molecule has 3 fully saturated rings. The maximum Gasteiger partial charge on any atom is 0.241 e. The number of sulfonamides is 1. The van der Waals surface area contributed by atoms with E-state index in [0.29, 0.717) is 49.2 Å². The third-order valence-corrected chi connectivity index (χ3v) is 8.92. The second-order valence-electron chi connectivity index (χ2n) is 9.53. The van der Waals surface area contributed by atoms with Gasteiger partial charge >= 0.3 is 0 Å². The standard InChI is InChI=1S/C23H26N8O3S/c1-15-3-4-16(11-17(15)18-12-26-20-19(24)27-14-28-31(18)20)35(32,33)29-22-5-7-23(8-6-22,34-13-22)21-25-9-10-30(21)2/h3-4,9-12,14,29H,5-8,13H2,1-2H3,(H2,24,27,28). The second-order valence-corrected chi connectivity index (χ2v) is 11.2. The highest BCUT2D eigenvalue weighted by molar-refractivity contribution is 7.89. The Morgan fingerprint density at radius 3 is 2.63 bits per heavy atom. The van der Waals surface area contributed by atoms with Crippen LogP contribution in [0.15, 0.2) is 48.0 Å². The van der Waals surface area contributed by atoms with Gasteiger partial charge in [0.2, 0.25) is 10.0 Å². The van der Waals surface area contributed by atoms with Gasteiger partial charge in [-0.1, -0.05) is 6.07 Å². The molecule has 0 amide bonds. The summed E-state index contributed by atoms with van der Waals surface area (Å²) in [7, 11) is -1.86. The molecule has 1 saturated carbocycles. The number of aryl methyl sites for hydroxylation is 2. The highest BCUT2D eigenvalue weighted by Crippen LogP contribution is 2.49. The third kappa shape index (κ3) is 3.43. The highest BCUT2D eigenvalue weighted by Gasteiger charge is 2.53. The fourth-order valence-electron chi connectivity index (χ4n) is 5.33. The van der Waals surface area contributed by atoms with E-state index in [1.807, 2.05) is 24.7 Å². The predicted molar refractivity (Wildman–Crippen MR) is 128 cm³/mol. The van der Waals surface area contributed by atoms with Crippen LogP contribution in [0.1, 0.15) is 37.1 Å². The second kappa shape index (κ2) is 7.57. The summed E-state index contributed by atoms with van der Waals surface area (Å²) in [4.78, 5) is 12.9. The number of nitrogen functional groups attached to an aromatic ring is 1. The molecule has 2 aliphatic heterocycles. The Morgan fingerprint density at radius 2 is 1.94 bits per heavy atom. The number of hydrogen-bond acceptors (Lipinski definition) is 8. The van der Waals surface area contributed by atoms with E-state index in [2.05, 4.69) is 24.8 Å². The maximum absolute atomic E-state index is 13.5. The number of nitrogens with one attached hydrogen (secondary N) is 1. The number of aromatic nitrogens is 6. The SMILES string of the molecule is Cc1ccc(S(=O)(=O)NC23CCC(c4nccn4C)(CC2)OC3)cc1-c1cnc2c(N)ncnn12. The van der Waals surface area contributed by atoms with Crippen LogP contribution in [0.5, 0.6) is 0 Å². The summed E-state index contributed by atoms with van der Waals surface area (Å²) in [6, 6.07) is 5.06. The Labute approximate surface area is 202 Å². The first kappa shape index (κ1) is 22.1. The van der Waals surface area contributed by atoms with E-state index in [0.717, 1.165) is 11.4 Å². The smallest absolute Gasteiger partial charge is 0.241 e. The zero-order valence-electron chi connectivity index (χ0n) is 19.5. The molecule has 0 atom stereocenters. The number of fused-ring (bicyclic) bond motifs is 4. The lowest BCUT2D eigenvalue weighted by molar-refractivity contribution is -0.168. The van der Waals surface area contributed by atoms with Crippen molar-refractivity contribution in [1.82, 2.24) is 33.9 Å². The maximum atomic E-state index is 13.5. The van der Waals surface area contributed by atoms with Gasteiger partial charge < -0.3 is 15.0 Å². The largest absolute Gasteiger partial charge is 0.381 e. The van der Waals surface area contributed by atoms with Crippen LogP contribution in [0.3, 0.4) is 0 Å². The van der Waals surface area contributed by atoms with Gasteiger partial charge in [-0.2, -0.15) is 5.10 Å². The minimum atomic E-state index is -3.82. The highest BCUT2D eigenvalue weighted by atomic mass is 32.2. The first-order valence-corrected chi connectivity index (χ1v) is 12.9. The van der Waals surface area contributed by atoms with Crippen LogP contribution >= 0.6 is 0 Å². The van der Waals surface area contributed by atoms with Crippen molar-refractivity contribution >= 4 is 21.5 Å². The molecule has 4 aromatic rings. The Kier molecular flexibility index (Phi) is 4.79. The summed E-state index contributed by atoms with van der Waals surface area (Å²) in [6.45, 7) is 2.22. The van der Waals surface area contributed by atoms with Gasteiger partial charge in [0.05, 0.1) is 28.9 Å². The van der Waals surface area contributed by atoms with Crippen molar-refractivity contribution in [2.24, 2.45) is 7.05 Å².